The zero-order chi connectivity index (χ0) is 9.94. The van der Waals surface area contributed by atoms with Gasteiger partial charge in [0.1, 0.15) is 0 Å². The summed E-state index contributed by atoms with van der Waals surface area (Å²) in [5.74, 6) is 3.80. The van der Waals surface area contributed by atoms with Gasteiger partial charge >= 0.3 is 0 Å². The number of ether oxygens (including phenoxy) is 1. The Labute approximate surface area is 89.1 Å². The van der Waals surface area contributed by atoms with Gasteiger partial charge in [0.05, 0.1) is 13.2 Å². The third-order valence-corrected chi connectivity index (χ3v) is 3.43. The lowest BCUT2D eigenvalue weighted by Crippen LogP contribution is -1.97. The van der Waals surface area contributed by atoms with Gasteiger partial charge in [-0.2, -0.15) is 23.5 Å². The third kappa shape index (κ3) is 10.3. The average molecular weight is 222 g/mol. The molecule has 0 aromatic carbocycles. The molecule has 0 aromatic heterocycles. The van der Waals surface area contributed by atoms with E-state index in [9.17, 15) is 0 Å². The minimum atomic E-state index is 0.259. The van der Waals surface area contributed by atoms with Gasteiger partial charge in [-0.25, -0.2) is 0 Å². The van der Waals surface area contributed by atoms with Crippen molar-refractivity contribution in [2.75, 3.05) is 43.3 Å². The number of rotatable bonds is 9. The van der Waals surface area contributed by atoms with Crippen molar-refractivity contribution in [1.82, 2.24) is 0 Å². The minimum absolute atomic E-state index is 0.259. The highest BCUT2D eigenvalue weighted by molar-refractivity contribution is 8.00. The maximum absolute atomic E-state index is 8.55. The lowest BCUT2D eigenvalue weighted by molar-refractivity contribution is 0.218. The van der Waals surface area contributed by atoms with Gasteiger partial charge in [0.25, 0.3) is 0 Å². The Bertz CT molecular complexity index is 129. The molecule has 0 amide bonds. The molecule has 0 atom stereocenters. The maximum atomic E-state index is 8.55. The molecule has 78 valence electrons. The smallest absolute Gasteiger partial charge is 0.0553 e. The molecule has 0 aliphatic rings. The first-order valence-electron chi connectivity index (χ1n) is 4.23. The molecule has 0 heterocycles. The van der Waals surface area contributed by atoms with Gasteiger partial charge in [0.15, 0.2) is 0 Å². The van der Waals surface area contributed by atoms with E-state index in [1.807, 2.05) is 11.8 Å². The molecule has 0 bridgehead atoms. The Hall–Kier alpha value is 0.360. The molecule has 2 nitrogen and oxygen atoms in total. The SMILES string of the molecule is C=C(CSCCO)CSCCOC. The van der Waals surface area contributed by atoms with Gasteiger partial charge in [-0.1, -0.05) is 12.2 Å². The van der Waals surface area contributed by atoms with Crippen molar-refractivity contribution in [3.8, 4) is 0 Å². The fourth-order valence-electron chi connectivity index (χ4n) is 0.681. The summed E-state index contributed by atoms with van der Waals surface area (Å²) in [6.45, 7) is 5.03. The summed E-state index contributed by atoms with van der Waals surface area (Å²) < 4.78 is 4.93. The largest absolute Gasteiger partial charge is 0.396 e. The number of hydrogen-bond acceptors (Lipinski definition) is 4. The van der Waals surface area contributed by atoms with Crippen molar-refractivity contribution >= 4 is 23.5 Å². The number of methoxy groups -OCH3 is 1. The molecule has 0 saturated carbocycles. The second-order valence-electron chi connectivity index (χ2n) is 2.57. The number of aliphatic hydroxyl groups is 1. The summed E-state index contributed by atoms with van der Waals surface area (Å²) in [6.07, 6.45) is 0. The molecule has 0 spiro atoms. The summed E-state index contributed by atoms with van der Waals surface area (Å²) in [5, 5.41) is 8.55. The Morgan fingerprint density at radius 1 is 1.31 bits per heavy atom. The van der Waals surface area contributed by atoms with Crippen LogP contribution in [0.1, 0.15) is 0 Å². The van der Waals surface area contributed by atoms with Gasteiger partial charge in [-0.05, 0) is 0 Å². The van der Waals surface area contributed by atoms with Crippen LogP contribution in [-0.2, 0) is 4.74 Å². The minimum Gasteiger partial charge on any atom is -0.396 e. The maximum Gasteiger partial charge on any atom is 0.0553 e. The lowest BCUT2D eigenvalue weighted by Gasteiger charge is -2.04. The molecule has 0 rings (SSSR count). The molecule has 0 saturated heterocycles. The van der Waals surface area contributed by atoms with Crippen LogP contribution in [0.3, 0.4) is 0 Å². The predicted octanol–water partition coefficient (Wildman–Crippen LogP) is 1.65. The Kier molecular flexibility index (Phi) is 10.7. The molecule has 0 aliphatic carbocycles. The van der Waals surface area contributed by atoms with Crippen LogP contribution < -0.4 is 0 Å². The van der Waals surface area contributed by atoms with Crippen molar-refractivity contribution in [2.45, 2.75) is 0 Å². The van der Waals surface area contributed by atoms with E-state index < -0.39 is 0 Å². The van der Waals surface area contributed by atoms with E-state index in [1.54, 1.807) is 18.9 Å². The van der Waals surface area contributed by atoms with E-state index in [1.165, 1.54) is 5.57 Å². The van der Waals surface area contributed by atoms with E-state index in [0.29, 0.717) is 0 Å². The highest BCUT2D eigenvalue weighted by Crippen LogP contribution is 2.11. The van der Waals surface area contributed by atoms with E-state index in [2.05, 4.69) is 6.58 Å². The van der Waals surface area contributed by atoms with Crippen LogP contribution in [0.2, 0.25) is 0 Å². The molecule has 1 N–H and O–H groups in total. The van der Waals surface area contributed by atoms with Crippen LogP contribution in [-0.4, -0.2) is 48.4 Å². The normalized spacial score (nSPS) is 10.3. The van der Waals surface area contributed by atoms with Crippen LogP contribution in [0.25, 0.3) is 0 Å². The molecule has 0 fully saturated rings. The summed E-state index contributed by atoms with van der Waals surface area (Å²) >= 11 is 3.57. The highest BCUT2D eigenvalue weighted by atomic mass is 32.2. The molecular weight excluding hydrogens is 204 g/mol. The van der Waals surface area contributed by atoms with Gasteiger partial charge < -0.3 is 9.84 Å². The molecule has 0 radical (unpaired) electrons. The number of thioether (sulfide) groups is 2. The standard InChI is InChI=1S/C9H18O2S2/c1-9(7-12-5-3-10)8-13-6-4-11-2/h10H,1,3-8H2,2H3. The van der Waals surface area contributed by atoms with Crippen molar-refractivity contribution in [1.29, 1.82) is 0 Å². The average Bonchev–Trinajstić information content (AvgIpc) is 2.13. The van der Waals surface area contributed by atoms with Crippen molar-refractivity contribution in [3.63, 3.8) is 0 Å². The quantitative estimate of drug-likeness (QED) is 0.474. The predicted molar refractivity (Wildman–Crippen MR) is 62.8 cm³/mol. The van der Waals surface area contributed by atoms with Crippen molar-refractivity contribution < 1.29 is 9.84 Å². The fourth-order valence-corrected chi connectivity index (χ4v) is 2.29. The number of aliphatic hydroxyl groups excluding tert-OH is 1. The summed E-state index contributed by atoms with van der Waals surface area (Å²) in [6, 6.07) is 0. The van der Waals surface area contributed by atoms with Crippen LogP contribution in [0.15, 0.2) is 12.2 Å². The summed E-state index contributed by atoms with van der Waals surface area (Å²) in [5.41, 5.74) is 1.24. The van der Waals surface area contributed by atoms with Crippen LogP contribution in [0.4, 0.5) is 0 Å². The molecule has 0 aromatic rings. The van der Waals surface area contributed by atoms with E-state index >= 15 is 0 Å². The zero-order valence-electron chi connectivity index (χ0n) is 8.12. The Morgan fingerprint density at radius 3 is 2.46 bits per heavy atom. The van der Waals surface area contributed by atoms with Gasteiger partial charge in [0.2, 0.25) is 0 Å². The topological polar surface area (TPSA) is 29.5 Å². The zero-order valence-corrected chi connectivity index (χ0v) is 9.75. The number of hydrogen-bond donors (Lipinski definition) is 1. The van der Waals surface area contributed by atoms with Gasteiger partial charge in [-0.3, -0.25) is 0 Å². The van der Waals surface area contributed by atoms with Crippen LogP contribution in [0, 0.1) is 0 Å². The second kappa shape index (κ2) is 10.4. The van der Waals surface area contributed by atoms with Crippen LogP contribution in [0.5, 0.6) is 0 Å². The fraction of sp³-hybridized carbons (Fsp3) is 0.778. The summed E-state index contributed by atoms with van der Waals surface area (Å²) in [4.78, 5) is 0. The van der Waals surface area contributed by atoms with Crippen molar-refractivity contribution in [3.05, 3.63) is 12.2 Å². The first-order valence-corrected chi connectivity index (χ1v) is 6.54. The van der Waals surface area contributed by atoms with E-state index in [4.69, 9.17) is 9.84 Å². The van der Waals surface area contributed by atoms with E-state index in [-0.39, 0.29) is 6.61 Å². The first-order chi connectivity index (χ1) is 6.31. The van der Waals surface area contributed by atoms with E-state index in [0.717, 1.165) is 29.6 Å². The molecule has 0 unspecified atom stereocenters. The third-order valence-electron chi connectivity index (χ3n) is 1.28. The first kappa shape index (κ1) is 13.4. The van der Waals surface area contributed by atoms with Gasteiger partial charge in [0, 0.05) is 30.1 Å². The molecular formula is C9H18O2S2. The second-order valence-corrected chi connectivity index (χ2v) is 4.78. The molecule has 13 heavy (non-hydrogen) atoms. The molecule has 0 aliphatic heterocycles. The lowest BCUT2D eigenvalue weighted by atomic mass is 10.4. The van der Waals surface area contributed by atoms with Gasteiger partial charge in [-0.15, -0.1) is 0 Å². The van der Waals surface area contributed by atoms with Crippen molar-refractivity contribution in [2.24, 2.45) is 0 Å². The Morgan fingerprint density at radius 2 is 1.92 bits per heavy atom. The molecule has 4 heteroatoms. The summed E-state index contributed by atoms with van der Waals surface area (Å²) in [7, 11) is 1.71. The monoisotopic (exact) mass is 222 g/mol. The Balaban J connectivity index is 3.11. The highest BCUT2D eigenvalue weighted by Gasteiger charge is 1.95. The van der Waals surface area contributed by atoms with Crippen LogP contribution >= 0.6 is 23.5 Å².